The van der Waals surface area contributed by atoms with Crippen molar-refractivity contribution in [3.63, 3.8) is 0 Å². The maximum Gasteiger partial charge on any atom is 0.253 e. The van der Waals surface area contributed by atoms with E-state index in [4.69, 9.17) is 0 Å². The van der Waals surface area contributed by atoms with E-state index in [9.17, 15) is 17.6 Å². The molecule has 3 N–H and O–H groups in total. The lowest BCUT2D eigenvalue weighted by Gasteiger charge is -2.17. The summed E-state index contributed by atoms with van der Waals surface area (Å²) < 4.78 is 38.1. The maximum atomic E-state index is 13.6. The number of sulfone groups is 1. The molecule has 0 saturated heterocycles. The molecule has 0 unspecified atom stereocenters. The Kier molecular flexibility index (Phi) is 8.88. The average molecular weight is 573 g/mol. The van der Waals surface area contributed by atoms with Crippen LogP contribution in [0.4, 0.5) is 21.7 Å². The topological polar surface area (TPSA) is 126 Å². The van der Waals surface area contributed by atoms with Crippen molar-refractivity contribution >= 4 is 38.8 Å². The van der Waals surface area contributed by atoms with Crippen LogP contribution in [0.15, 0.2) is 95.9 Å². The normalized spacial score (nSPS) is 12.4. The van der Waals surface area contributed by atoms with Gasteiger partial charge in [-0.2, -0.15) is 0 Å². The second kappa shape index (κ2) is 12.5. The molecule has 0 aliphatic heterocycles. The fourth-order valence-electron chi connectivity index (χ4n) is 3.89. The molecule has 2 heterocycles. The monoisotopic (exact) mass is 572 g/mol. The van der Waals surface area contributed by atoms with Crippen LogP contribution in [0.1, 0.15) is 25.0 Å². The second-order valence-corrected chi connectivity index (χ2v) is 11.2. The molecular formula is C30H29FN6O3S. The number of anilines is 3. The summed E-state index contributed by atoms with van der Waals surface area (Å²) in [7, 11) is -3.62. The van der Waals surface area contributed by atoms with Gasteiger partial charge in [-0.05, 0) is 86.5 Å². The van der Waals surface area contributed by atoms with Crippen LogP contribution in [0.5, 0.6) is 0 Å². The van der Waals surface area contributed by atoms with Crippen molar-refractivity contribution in [1.29, 1.82) is 0 Å². The number of rotatable bonds is 9. The summed E-state index contributed by atoms with van der Waals surface area (Å²) in [4.78, 5) is 26.4. The van der Waals surface area contributed by atoms with Crippen molar-refractivity contribution < 1.29 is 17.6 Å². The highest BCUT2D eigenvalue weighted by atomic mass is 32.2. The first-order valence-electron chi connectivity index (χ1n) is 12.6. The predicted octanol–water partition coefficient (Wildman–Crippen LogP) is 5.59. The van der Waals surface area contributed by atoms with E-state index in [2.05, 4.69) is 30.9 Å². The third-order valence-corrected chi connectivity index (χ3v) is 7.25. The molecule has 0 bridgehead atoms. The second-order valence-electron chi connectivity index (χ2n) is 9.17. The molecule has 0 aliphatic carbocycles. The molecule has 41 heavy (non-hydrogen) atoms. The predicted molar refractivity (Wildman–Crippen MR) is 159 cm³/mol. The molecule has 2 aromatic carbocycles. The summed E-state index contributed by atoms with van der Waals surface area (Å²) >= 11 is 0. The lowest BCUT2D eigenvalue weighted by atomic mass is 10.1. The number of carbonyl (C=O) groups is 1. The minimum atomic E-state index is -3.62. The number of pyridine rings is 1. The van der Waals surface area contributed by atoms with Gasteiger partial charge in [-0.25, -0.2) is 22.8 Å². The van der Waals surface area contributed by atoms with Crippen LogP contribution in [-0.2, 0) is 14.6 Å². The van der Waals surface area contributed by atoms with Gasteiger partial charge in [0, 0.05) is 47.4 Å². The third-order valence-electron chi connectivity index (χ3n) is 6.11. The Morgan fingerprint density at radius 2 is 1.78 bits per heavy atom. The van der Waals surface area contributed by atoms with Crippen molar-refractivity contribution in [2.24, 2.45) is 0 Å². The van der Waals surface area contributed by atoms with Gasteiger partial charge in [0.1, 0.15) is 10.8 Å². The molecule has 0 atom stereocenters. The first kappa shape index (κ1) is 29.1. The van der Waals surface area contributed by atoms with Gasteiger partial charge in [0.15, 0.2) is 9.84 Å². The highest BCUT2D eigenvalue weighted by Crippen LogP contribution is 2.26. The number of aryl methyl sites for hydroxylation is 1. The number of hydrogen-bond acceptors (Lipinski definition) is 8. The van der Waals surface area contributed by atoms with Crippen molar-refractivity contribution in [1.82, 2.24) is 20.3 Å². The molecule has 0 fully saturated rings. The summed E-state index contributed by atoms with van der Waals surface area (Å²) in [5.41, 5.74) is 4.48. The van der Waals surface area contributed by atoms with Gasteiger partial charge >= 0.3 is 0 Å². The van der Waals surface area contributed by atoms with E-state index in [0.29, 0.717) is 28.6 Å². The maximum absolute atomic E-state index is 13.6. The number of carbonyl (C=O) groups excluding carboxylic acids is 1. The van der Waals surface area contributed by atoms with E-state index in [1.807, 2.05) is 25.1 Å². The molecule has 1 amide bonds. The molecule has 11 heteroatoms. The van der Waals surface area contributed by atoms with E-state index < -0.39 is 21.6 Å². The molecule has 2 aromatic heterocycles. The number of aromatic nitrogens is 3. The Labute approximate surface area is 238 Å². The number of nitrogens with one attached hydrogen (secondary N) is 3. The number of amides is 1. The molecule has 0 spiro atoms. The van der Waals surface area contributed by atoms with Gasteiger partial charge in [0.25, 0.3) is 5.91 Å². The fraction of sp³-hybridized carbons (Fsp3) is 0.133. The first-order valence-corrected chi connectivity index (χ1v) is 14.5. The molecular weight excluding hydrogens is 543 g/mol. The Bertz CT molecular complexity index is 1740. The number of allylic oxidation sites excluding steroid dienone is 1. The number of halogens is 1. The summed E-state index contributed by atoms with van der Waals surface area (Å²) in [6, 6.07) is 16.3. The lowest BCUT2D eigenvalue weighted by Crippen LogP contribution is -2.23. The van der Waals surface area contributed by atoms with Gasteiger partial charge in [0.05, 0.1) is 11.4 Å². The molecule has 4 aromatic rings. The van der Waals surface area contributed by atoms with Crippen LogP contribution in [0.25, 0.3) is 17.0 Å². The molecule has 4 rings (SSSR count). The summed E-state index contributed by atoms with van der Waals surface area (Å²) in [6.45, 7) is 5.03. The largest absolute Gasteiger partial charge is 0.346 e. The zero-order valence-electron chi connectivity index (χ0n) is 22.9. The molecule has 0 saturated carbocycles. The van der Waals surface area contributed by atoms with Gasteiger partial charge in [0.2, 0.25) is 5.95 Å². The highest BCUT2D eigenvalue weighted by molar-refractivity contribution is 7.94. The van der Waals surface area contributed by atoms with E-state index in [0.717, 1.165) is 17.4 Å². The number of benzene rings is 2. The quantitative estimate of drug-likeness (QED) is 0.222. The van der Waals surface area contributed by atoms with E-state index in [1.165, 1.54) is 30.3 Å². The molecule has 0 aliphatic rings. The van der Waals surface area contributed by atoms with Crippen molar-refractivity contribution in [3.8, 4) is 11.3 Å². The first-order chi connectivity index (χ1) is 19.5. The lowest BCUT2D eigenvalue weighted by molar-refractivity contribution is -0.112. The van der Waals surface area contributed by atoms with Gasteiger partial charge < -0.3 is 16.0 Å². The minimum Gasteiger partial charge on any atom is -0.346 e. The summed E-state index contributed by atoms with van der Waals surface area (Å²) in [6.07, 6.45) is 7.50. The Morgan fingerprint density at radius 3 is 2.44 bits per heavy atom. The number of nitrogens with zero attached hydrogens (tertiary/aromatic N) is 3. The highest BCUT2D eigenvalue weighted by Gasteiger charge is 2.19. The Morgan fingerprint density at radius 1 is 1.02 bits per heavy atom. The standard InChI is InChI=1S/C30H29FN6O3S/c1-5-27(41(4,39)40)37-28(21-9-11-23(31)12-10-21)20(3)29(38)34-24-13-8-19(2)26(17-24)36-30-33-16-14-25(35-30)22-7-6-15-32-18-22/h5-18,37H,1-4H3,(H,34,38)(H,33,35,36)/b27-5?,28-20+. The summed E-state index contributed by atoms with van der Waals surface area (Å²) in [5, 5.41) is 8.83. The van der Waals surface area contributed by atoms with Crippen LogP contribution < -0.4 is 16.0 Å². The van der Waals surface area contributed by atoms with Crippen molar-refractivity contribution in [2.75, 3.05) is 16.9 Å². The number of hydrogen-bond donors (Lipinski definition) is 3. The van der Waals surface area contributed by atoms with Crippen molar-refractivity contribution in [3.05, 3.63) is 113 Å². The fourth-order valence-corrected chi connectivity index (χ4v) is 4.60. The zero-order valence-corrected chi connectivity index (χ0v) is 23.8. The van der Waals surface area contributed by atoms with E-state index in [-0.39, 0.29) is 16.3 Å². The van der Waals surface area contributed by atoms with Gasteiger partial charge in [-0.1, -0.05) is 12.1 Å². The molecule has 0 radical (unpaired) electrons. The minimum absolute atomic E-state index is 0.0840. The van der Waals surface area contributed by atoms with Gasteiger partial charge in [-0.3, -0.25) is 9.78 Å². The smallest absolute Gasteiger partial charge is 0.253 e. The van der Waals surface area contributed by atoms with Crippen LogP contribution in [0.3, 0.4) is 0 Å². The zero-order chi connectivity index (χ0) is 29.6. The van der Waals surface area contributed by atoms with Crippen LogP contribution >= 0.6 is 0 Å². The van der Waals surface area contributed by atoms with Crippen LogP contribution in [0, 0.1) is 12.7 Å². The van der Waals surface area contributed by atoms with E-state index >= 15 is 0 Å². The molecule has 210 valence electrons. The van der Waals surface area contributed by atoms with Gasteiger partial charge in [-0.15, -0.1) is 0 Å². The van der Waals surface area contributed by atoms with Crippen LogP contribution in [-0.4, -0.2) is 35.5 Å². The Balaban J connectivity index is 1.62. The SMILES string of the molecule is CC=C(N/C(=C(\C)C(=O)Nc1ccc(C)c(Nc2nccc(-c3cccnc3)n2)c1)c1ccc(F)cc1)S(C)(=O)=O. The average Bonchev–Trinajstić information content (AvgIpc) is 2.95. The van der Waals surface area contributed by atoms with E-state index in [1.54, 1.807) is 50.6 Å². The summed E-state index contributed by atoms with van der Waals surface area (Å²) in [5.74, 6) is -0.568. The van der Waals surface area contributed by atoms with Crippen LogP contribution in [0.2, 0.25) is 0 Å². The molecule has 9 nitrogen and oxygen atoms in total. The van der Waals surface area contributed by atoms with Crippen molar-refractivity contribution in [2.45, 2.75) is 20.8 Å². The Hall–Kier alpha value is -4.90. The third kappa shape index (κ3) is 7.40.